The van der Waals surface area contributed by atoms with Crippen LogP contribution in [-0.2, 0) is 0 Å². The molecule has 2 nitrogen and oxygen atoms in total. The van der Waals surface area contributed by atoms with Crippen LogP contribution in [0.25, 0.3) is 0 Å². The van der Waals surface area contributed by atoms with E-state index in [1.54, 1.807) is 6.07 Å². The first kappa shape index (κ1) is 13.7. The number of hydrogen-bond acceptors (Lipinski definition) is 3. The lowest BCUT2D eigenvalue weighted by molar-refractivity contribution is 0.0953. The number of hydrogen-bond donors (Lipinski definition) is 1. The van der Waals surface area contributed by atoms with Gasteiger partial charge in [-0.3, -0.25) is 4.79 Å². The summed E-state index contributed by atoms with van der Waals surface area (Å²) in [6, 6.07) is 4.31. The van der Waals surface area contributed by atoms with Crippen molar-refractivity contribution in [3.8, 4) is 0 Å². The van der Waals surface area contributed by atoms with Crippen molar-refractivity contribution >= 4 is 29.4 Å². The summed E-state index contributed by atoms with van der Waals surface area (Å²) in [5.74, 6) is 2.87. The number of thioether (sulfide) groups is 2. The fraction of sp³-hybridized carbons (Fsp3) is 0.462. The second-order valence-corrected chi connectivity index (χ2v) is 6.80. The van der Waals surface area contributed by atoms with Gasteiger partial charge in [-0.25, -0.2) is 4.39 Å². The van der Waals surface area contributed by atoms with Crippen molar-refractivity contribution in [2.45, 2.75) is 12.2 Å². The van der Waals surface area contributed by atoms with Crippen LogP contribution < -0.4 is 5.32 Å². The maximum absolute atomic E-state index is 13.1. The lowest BCUT2D eigenvalue weighted by Gasteiger charge is -2.21. The monoisotopic (exact) mass is 285 g/mol. The number of halogens is 1. The van der Waals surface area contributed by atoms with Gasteiger partial charge in [-0.05, 0) is 24.6 Å². The molecule has 0 aromatic heterocycles. The van der Waals surface area contributed by atoms with Crippen molar-refractivity contribution in [2.24, 2.45) is 0 Å². The summed E-state index contributed by atoms with van der Waals surface area (Å²) in [4.78, 5) is 12.0. The molecular formula is C13H16FNOS2. The first-order valence-corrected chi connectivity index (χ1v) is 8.11. The minimum absolute atomic E-state index is 0.178. The minimum Gasteiger partial charge on any atom is -0.351 e. The van der Waals surface area contributed by atoms with Gasteiger partial charge < -0.3 is 5.32 Å². The number of aryl methyl sites for hydroxylation is 1. The van der Waals surface area contributed by atoms with Gasteiger partial charge in [0.25, 0.3) is 5.91 Å². The highest BCUT2D eigenvalue weighted by Gasteiger charge is 2.16. The van der Waals surface area contributed by atoms with E-state index in [-0.39, 0.29) is 11.7 Å². The summed E-state index contributed by atoms with van der Waals surface area (Å²) in [5.41, 5.74) is 1.24. The van der Waals surface area contributed by atoms with Crippen LogP contribution in [0, 0.1) is 12.7 Å². The lowest BCUT2D eigenvalue weighted by atomic mass is 10.1. The van der Waals surface area contributed by atoms with Crippen LogP contribution >= 0.6 is 23.5 Å². The molecule has 0 radical (unpaired) electrons. The van der Waals surface area contributed by atoms with E-state index >= 15 is 0 Å². The van der Waals surface area contributed by atoms with Gasteiger partial charge in [0.15, 0.2) is 0 Å². The summed E-state index contributed by atoms with van der Waals surface area (Å²) >= 11 is 3.82. The average Bonchev–Trinajstić information content (AvgIpc) is 2.40. The Morgan fingerprint density at radius 2 is 2.33 bits per heavy atom. The predicted molar refractivity (Wildman–Crippen MR) is 77.0 cm³/mol. The van der Waals surface area contributed by atoms with Crippen LogP contribution in [0.5, 0.6) is 0 Å². The Labute approximate surface area is 115 Å². The highest BCUT2D eigenvalue weighted by molar-refractivity contribution is 8.06. The van der Waals surface area contributed by atoms with Crippen molar-refractivity contribution in [3.63, 3.8) is 0 Å². The number of carbonyl (C=O) groups excluding carboxylic acids is 1. The molecule has 1 aromatic carbocycles. The van der Waals surface area contributed by atoms with E-state index in [0.717, 1.165) is 17.1 Å². The predicted octanol–water partition coefficient (Wildman–Crippen LogP) is 2.71. The number of benzene rings is 1. The number of amides is 1. The third-order valence-corrected chi connectivity index (χ3v) is 5.66. The average molecular weight is 285 g/mol. The Balaban J connectivity index is 1.92. The van der Waals surface area contributed by atoms with Gasteiger partial charge in [0.2, 0.25) is 0 Å². The Kier molecular flexibility index (Phi) is 4.95. The molecule has 1 aliphatic rings. The first-order chi connectivity index (χ1) is 8.66. The van der Waals surface area contributed by atoms with Crippen molar-refractivity contribution in [3.05, 3.63) is 35.1 Å². The second kappa shape index (κ2) is 6.48. The Morgan fingerprint density at radius 3 is 3.06 bits per heavy atom. The zero-order valence-electron chi connectivity index (χ0n) is 10.2. The summed E-state index contributed by atoms with van der Waals surface area (Å²) in [6.45, 7) is 2.48. The number of carbonyl (C=O) groups is 1. The molecule has 1 amide bonds. The smallest absolute Gasteiger partial charge is 0.251 e. The third-order valence-electron chi connectivity index (χ3n) is 2.82. The van der Waals surface area contributed by atoms with Gasteiger partial charge in [0, 0.05) is 34.6 Å². The topological polar surface area (TPSA) is 29.1 Å². The fourth-order valence-corrected chi connectivity index (χ4v) is 4.41. The fourth-order valence-electron chi connectivity index (χ4n) is 1.80. The van der Waals surface area contributed by atoms with E-state index in [1.165, 1.54) is 17.9 Å². The van der Waals surface area contributed by atoms with Crippen LogP contribution in [-0.4, -0.2) is 35.0 Å². The second-order valence-electron chi connectivity index (χ2n) is 4.24. The van der Waals surface area contributed by atoms with E-state index in [2.05, 4.69) is 5.32 Å². The summed E-state index contributed by atoms with van der Waals surface area (Å²) in [7, 11) is 0. The van der Waals surface area contributed by atoms with E-state index < -0.39 is 0 Å². The molecule has 98 valence electrons. The van der Waals surface area contributed by atoms with E-state index in [1.807, 2.05) is 30.4 Å². The van der Waals surface area contributed by atoms with Gasteiger partial charge in [0.05, 0.1) is 0 Å². The standard InChI is InChI=1S/C13H16FNOS2/c1-9-2-3-10(14)6-12(9)13(16)15-7-11-8-17-4-5-18-11/h2-3,6,11H,4-5,7-8H2,1H3,(H,15,16)/t11-/m1/s1. The van der Waals surface area contributed by atoms with E-state index in [9.17, 15) is 9.18 Å². The zero-order valence-corrected chi connectivity index (χ0v) is 11.9. The molecule has 1 heterocycles. The largest absolute Gasteiger partial charge is 0.351 e. The molecular weight excluding hydrogens is 269 g/mol. The normalized spacial score (nSPS) is 19.6. The zero-order chi connectivity index (χ0) is 13.0. The molecule has 1 N–H and O–H groups in total. The van der Waals surface area contributed by atoms with Gasteiger partial charge in [-0.15, -0.1) is 0 Å². The molecule has 0 aliphatic carbocycles. The molecule has 2 rings (SSSR count). The van der Waals surface area contributed by atoms with Crippen molar-refractivity contribution < 1.29 is 9.18 Å². The maximum atomic E-state index is 13.1. The van der Waals surface area contributed by atoms with Crippen LogP contribution in [0.4, 0.5) is 4.39 Å². The molecule has 0 saturated carbocycles. The molecule has 0 unspecified atom stereocenters. The SMILES string of the molecule is Cc1ccc(F)cc1C(=O)NC[C@@H]1CSCCS1. The molecule has 1 fully saturated rings. The van der Waals surface area contributed by atoms with Crippen LogP contribution in [0.3, 0.4) is 0 Å². The quantitative estimate of drug-likeness (QED) is 0.926. The Morgan fingerprint density at radius 1 is 1.50 bits per heavy atom. The Bertz CT molecular complexity index is 433. The van der Waals surface area contributed by atoms with Crippen molar-refractivity contribution in [1.29, 1.82) is 0 Å². The summed E-state index contributed by atoms with van der Waals surface area (Å²) < 4.78 is 13.1. The van der Waals surface area contributed by atoms with Crippen molar-refractivity contribution in [1.82, 2.24) is 5.32 Å². The molecule has 1 aliphatic heterocycles. The minimum atomic E-state index is -0.367. The van der Waals surface area contributed by atoms with Gasteiger partial charge >= 0.3 is 0 Å². The molecule has 0 spiro atoms. The summed E-state index contributed by atoms with van der Waals surface area (Å²) in [6.07, 6.45) is 0. The molecule has 1 saturated heterocycles. The molecule has 1 aromatic rings. The van der Waals surface area contributed by atoms with E-state index in [0.29, 0.717) is 17.4 Å². The van der Waals surface area contributed by atoms with Gasteiger partial charge in [-0.1, -0.05) is 6.07 Å². The number of rotatable bonds is 3. The lowest BCUT2D eigenvalue weighted by Crippen LogP contribution is -2.33. The first-order valence-electron chi connectivity index (χ1n) is 5.90. The number of nitrogens with one attached hydrogen (secondary N) is 1. The highest BCUT2D eigenvalue weighted by Crippen LogP contribution is 2.23. The van der Waals surface area contributed by atoms with Crippen LogP contribution in [0.1, 0.15) is 15.9 Å². The van der Waals surface area contributed by atoms with Gasteiger partial charge in [0.1, 0.15) is 5.82 Å². The third kappa shape index (κ3) is 3.65. The maximum Gasteiger partial charge on any atom is 0.251 e. The van der Waals surface area contributed by atoms with Crippen LogP contribution in [0.2, 0.25) is 0 Å². The van der Waals surface area contributed by atoms with E-state index in [4.69, 9.17) is 0 Å². The van der Waals surface area contributed by atoms with Crippen LogP contribution in [0.15, 0.2) is 18.2 Å². The summed E-state index contributed by atoms with van der Waals surface area (Å²) in [5, 5.41) is 3.37. The van der Waals surface area contributed by atoms with Crippen molar-refractivity contribution in [2.75, 3.05) is 23.8 Å². The molecule has 1 atom stereocenters. The Hall–Kier alpha value is -0.680. The highest BCUT2D eigenvalue weighted by atomic mass is 32.2. The molecule has 18 heavy (non-hydrogen) atoms. The van der Waals surface area contributed by atoms with Gasteiger partial charge in [-0.2, -0.15) is 23.5 Å². The molecule has 0 bridgehead atoms. The molecule has 5 heteroatoms.